The van der Waals surface area contributed by atoms with Gasteiger partial charge in [0.05, 0.1) is 6.21 Å². The molecule has 0 radical (unpaired) electrons. The zero-order valence-corrected chi connectivity index (χ0v) is 16.3. The highest BCUT2D eigenvalue weighted by atomic mass is 79.9. The van der Waals surface area contributed by atoms with E-state index in [1.165, 1.54) is 6.21 Å². The van der Waals surface area contributed by atoms with Crippen molar-refractivity contribution in [3.63, 3.8) is 0 Å². The summed E-state index contributed by atoms with van der Waals surface area (Å²) in [6.07, 6.45) is 1.54. The van der Waals surface area contributed by atoms with Crippen molar-refractivity contribution < 1.29 is 14.7 Å². The van der Waals surface area contributed by atoms with Crippen molar-refractivity contribution in [1.82, 2.24) is 5.32 Å². The molecule has 27 heavy (non-hydrogen) atoms. The van der Waals surface area contributed by atoms with Gasteiger partial charge in [0.15, 0.2) is 5.17 Å². The molecule has 2 amide bonds. The van der Waals surface area contributed by atoms with E-state index in [-0.39, 0.29) is 24.0 Å². The molecule has 0 saturated carbocycles. The fourth-order valence-corrected chi connectivity index (χ4v) is 3.40. The Bertz CT molecular complexity index is 898. The Labute approximate surface area is 168 Å². The van der Waals surface area contributed by atoms with E-state index in [1.807, 2.05) is 12.1 Å². The average molecular weight is 447 g/mol. The number of benzene rings is 2. The molecule has 0 unspecified atom stereocenters. The molecule has 3 N–H and O–H groups in total. The van der Waals surface area contributed by atoms with E-state index in [1.54, 1.807) is 36.4 Å². The predicted molar refractivity (Wildman–Crippen MR) is 110 cm³/mol. The van der Waals surface area contributed by atoms with E-state index >= 15 is 0 Å². The van der Waals surface area contributed by atoms with Gasteiger partial charge >= 0.3 is 0 Å². The predicted octanol–water partition coefficient (Wildman–Crippen LogP) is 3.11. The topological polar surface area (TPSA) is 103 Å². The number of phenols is 1. The number of carbonyl (C=O) groups excluding carboxylic acids is 2. The molecule has 1 saturated heterocycles. The van der Waals surface area contributed by atoms with Crippen molar-refractivity contribution in [3.8, 4) is 5.75 Å². The number of phenolic OH excluding ortho intramolecular Hbond substituents is 1. The van der Waals surface area contributed by atoms with Gasteiger partial charge in [0.25, 0.3) is 0 Å². The van der Waals surface area contributed by atoms with Gasteiger partial charge in [0, 0.05) is 16.6 Å². The number of halogens is 1. The Morgan fingerprint density at radius 2 is 1.93 bits per heavy atom. The van der Waals surface area contributed by atoms with Crippen molar-refractivity contribution >= 4 is 56.6 Å². The highest BCUT2D eigenvalue weighted by Gasteiger charge is 2.32. The van der Waals surface area contributed by atoms with E-state index in [0.29, 0.717) is 10.9 Å². The highest BCUT2D eigenvalue weighted by molar-refractivity contribution is 9.10. The molecule has 2 aromatic carbocycles. The lowest BCUT2D eigenvalue weighted by Gasteiger charge is -2.07. The maximum Gasteiger partial charge on any atom is 0.240 e. The molecule has 3 rings (SSSR count). The van der Waals surface area contributed by atoms with Gasteiger partial charge in [-0.15, -0.1) is 5.10 Å². The number of hydrogen-bond acceptors (Lipinski definition) is 6. The third-order valence-electron chi connectivity index (χ3n) is 3.52. The normalized spacial score (nSPS) is 18.0. The highest BCUT2D eigenvalue weighted by Crippen LogP contribution is 2.23. The van der Waals surface area contributed by atoms with Crippen molar-refractivity contribution in [1.29, 1.82) is 0 Å². The zero-order chi connectivity index (χ0) is 19.2. The zero-order valence-electron chi connectivity index (χ0n) is 13.9. The van der Waals surface area contributed by atoms with Crippen LogP contribution in [0, 0.1) is 0 Å². The largest absolute Gasteiger partial charge is 0.508 e. The Kier molecular flexibility index (Phi) is 6.25. The number of nitrogens with zero attached hydrogens (tertiary/aromatic N) is 2. The van der Waals surface area contributed by atoms with Gasteiger partial charge in [-0.1, -0.05) is 27.7 Å². The van der Waals surface area contributed by atoms with Gasteiger partial charge in [0.2, 0.25) is 11.8 Å². The number of hydrogen-bond donors (Lipinski definition) is 3. The summed E-state index contributed by atoms with van der Waals surface area (Å²) in [6, 6.07) is 13.7. The number of anilines is 1. The Hall–Kier alpha value is -2.65. The average Bonchev–Trinajstić information content (AvgIpc) is 2.98. The molecule has 1 atom stereocenters. The SMILES string of the molecule is O=C(C[C@@H]1S/C(=N\N=C/c2ccc(O)cc2)NC1=O)Nc1ccc(Br)cc1. The number of rotatable bonds is 5. The number of nitrogens with one attached hydrogen (secondary N) is 2. The lowest BCUT2D eigenvalue weighted by atomic mass is 10.2. The van der Waals surface area contributed by atoms with Crippen molar-refractivity contribution in [2.24, 2.45) is 10.2 Å². The van der Waals surface area contributed by atoms with Crippen molar-refractivity contribution in [2.45, 2.75) is 11.7 Å². The summed E-state index contributed by atoms with van der Waals surface area (Å²) in [5.74, 6) is -0.357. The third-order valence-corrected chi connectivity index (χ3v) is 5.12. The first kappa shape index (κ1) is 19.1. The first-order chi connectivity index (χ1) is 13.0. The molecule has 0 spiro atoms. The van der Waals surface area contributed by atoms with Crippen LogP contribution < -0.4 is 10.6 Å². The number of carbonyl (C=O) groups is 2. The maximum absolute atomic E-state index is 12.1. The molecule has 1 heterocycles. The van der Waals surface area contributed by atoms with Crippen molar-refractivity contribution in [3.05, 3.63) is 58.6 Å². The van der Waals surface area contributed by atoms with Crippen LogP contribution in [0.4, 0.5) is 5.69 Å². The summed E-state index contributed by atoms with van der Waals surface area (Å²) < 4.78 is 0.917. The minimum Gasteiger partial charge on any atom is -0.508 e. The minimum absolute atomic E-state index is 0.0350. The third kappa shape index (κ3) is 5.66. The van der Waals surface area contributed by atoms with Crippen LogP contribution in [0.1, 0.15) is 12.0 Å². The molecule has 1 aliphatic heterocycles. The van der Waals surface area contributed by atoms with Crippen molar-refractivity contribution in [2.75, 3.05) is 5.32 Å². The summed E-state index contributed by atoms with van der Waals surface area (Å²) in [6.45, 7) is 0. The number of aromatic hydroxyl groups is 1. The molecular formula is C18H15BrN4O3S. The molecule has 0 aromatic heterocycles. The molecule has 1 fully saturated rings. The molecule has 9 heteroatoms. The van der Waals surface area contributed by atoms with Crippen LogP contribution in [-0.2, 0) is 9.59 Å². The standard InChI is InChI=1S/C18H15BrN4O3S/c19-12-3-5-13(6-4-12)21-16(25)9-15-17(26)22-18(27-15)23-20-10-11-1-7-14(24)8-2-11/h1-8,10,15,24H,9H2,(H,21,25)(H,22,23,26)/b20-10-/t15-/m0/s1. The summed E-state index contributed by atoms with van der Waals surface area (Å²) in [5.41, 5.74) is 1.43. The van der Waals surface area contributed by atoms with E-state index in [4.69, 9.17) is 0 Å². The van der Waals surface area contributed by atoms with Crippen LogP contribution in [-0.4, -0.2) is 33.6 Å². The first-order valence-corrected chi connectivity index (χ1v) is 9.60. The van der Waals surface area contributed by atoms with Gasteiger partial charge < -0.3 is 15.7 Å². The summed E-state index contributed by atoms with van der Waals surface area (Å²) in [5, 5.41) is 22.3. The minimum atomic E-state index is -0.553. The van der Waals surface area contributed by atoms with Gasteiger partial charge in [-0.3, -0.25) is 9.59 Å². The smallest absolute Gasteiger partial charge is 0.240 e. The Morgan fingerprint density at radius 3 is 2.63 bits per heavy atom. The number of amidine groups is 1. The Balaban J connectivity index is 1.54. The van der Waals surface area contributed by atoms with Gasteiger partial charge in [-0.2, -0.15) is 5.10 Å². The molecular weight excluding hydrogens is 432 g/mol. The molecule has 1 aliphatic rings. The van der Waals surface area contributed by atoms with E-state index in [2.05, 4.69) is 36.8 Å². The van der Waals surface area contributed by atoms with Gasteiger partial charge in [-0.25, -0.2) is 0 Å². The first-order valence-electron chi connectivity index (χ1n) is 7.92. The van der Waals surface area contributed by atoms with Crippen LogP contribution in [0.5, 0.6) is 5.75 Å². The van der Waals surface area contributed by atoms with Crippen LogP contribution >= 0.6 is 27.7 Å². The van der Waals surface area contributed by atoms with Crippen LogP contribution in [0.25, 0.3) is 0 Å². The second kappa shape index (κ2) is 8.83. The van der Waals surface area contributed by atoms with Crippen LogP contribution in [0.3, 0.4) is 0 Å². The second-order valence-corrected chi connectivity index (χ2v) is 7.70. The maximum atomic E-state index is 12.1. The molecule has 2 aromatic rings. The molecule has 138 valence electrons. The molecule has 0 aliphatic carbocycles. The summed E-state index contributed by atoms with van der Waals surface area (Å²) in [7, 11) is 0. The molecule has 7 nitrogen and oxygen atoms in total. The number of amides is 2. The lowest BCUT2D eigenvalue weighted by molar-refractivity contribution is -0.122. The molecule has 0 bridgehead atoms. The van der Waals surface area contributed by atoms with E-state index < -0.39 is 5.25 Å². The van der Waals surface area contributed by atoms with Gasteiger partial charge in [0.1, 0.15) is 11.0 Å². The van der Waals surface area contributed by atoms with E-state index in [0.717, 1.165) is 21.8 Å². The fraction of sp³-hybridized carbons (Fsp3) is 0.111. The summed E-state index contributed by atoms with van der Waals surface area (Å²) in [4.78, 5) is 24.1. The summed E-state index contributed by atoms with van der Waals surface area (Å²) >= 11 is 4.50. The fourth-order valence-electron chi connectivity index (χ4n) is 2.21. The second-order valence-electron chi connectivity index (χ2n) is 5.60. The quantitative estimate of drug-likeness (QED) is 0.484. The lowest BCUT2D eigenvalue weighted by Crippen LogP contribution is -2.28. The van der Waals surface area contributed by atoms with Gasteiger partial charge in [-0.05, 0) is 54.1 Å². The van der Waals surface area contributed by atoms with E-state index in [9.17, 15) is 14.7 Å². The Morgan fingerprint density at radius 1 is 1.22 bits per heavy atom. The van der Waals surface area contributed by atoms with Crippen LogP contribution in [0.2, 0.25) is 0 Å². The number of thioether (sulfide) groups is 1. The monoisotopic (exact) mass is 446 g/mol. The van der Waals surface area contributed by atoms with Crippen LogP contribution in [0.15, 0.2) is 63.2 Å².